The van der Waals surface area contributed by atoms with E-state index in [1.165, 1.54) is 5.69 Å². The molecule has 2 N–H and O–H groups in total. The molecule has 0 fully saturated rings. The minimum Gasteiger partial charge on any atom is -0.322 e. The van der Waals surface area contributed by atoms with Crippen LogP contribution in [-0.2, 0) is 20.0 Å². The van der Waals surface area contributed by atoms with Gasteiger partial charge in [0.05, 0.1) is 17.4 Å². The molecule has 0 amide bonds. The average molecular weight is 233 g/mol. The van der Waals surface area contributed by atoms with E-state index in [1.54, 1.807) is 6.20 Å². The van der Waals surface area contributed by atoms with Crippen molar-refractivity contribution >= 4 is 0 Å². The van der Waals surface area contributed by atoms with Crippen molar-refractivity contribution in [1.29, 1.82) is 0 Å². The number of aryl methyl sites for hydroxylation is 3. The molecule has 5 nitrogen and oxygen atoms in total. The molecule has 0 aliphatic heterocycles. The first-order chi connectivity index (χ1) is 8.11. The van der Waals surface area contributed by atoms with Gasteiger partial charge in [0.1, 0.15) is 0 Å². The largest absolute Gasteiger partial charge is 0.322 e. The van der Waals surface area contributed by atoms with Gasteiger partial charge in [-0.1, -0.05) is 0 Å². The Morgan fingerprint density at radius 1 is 1.47 bits per heavy atom. The Hall–Kier alpha value is -1.62. The van der Waals surface area contributed by atoms with Gasteiger partial charge in [0.25, 0.3) is 0 Å². The van der Waals surface area contributed by atoms with E-state index >= 15 is 0 Å². The van der Waals surface area contributed by atoms with Gasteiger partial charge in [-0.25, -0.2) is 0 Å². The van der Waals surface area contributed by atoms with Gasteiger partial charge in [-0.15, -0.1) is 0 Å². The highest BCUT2D eigenvalue weighted by Crippen LogP contribution is 2.16. The zero-order valence-electron chi connectivity index (χ0n) is 10.6. The van der Waals surface area contributed by atoms with Crippen molar-refractivity contribution in [3.63, 3.8) is 0 Å². The Kier molecular flexibility index (Phi) is 3.28. The second-order valence-electron chi connectivity index (χ2n) is 4.28. The number of rotatable bonds is 4. The van der Waals surface area contributed by atoms with Gasteiger partial charge in [-0.2, -0.15) is 10.2 Å². The van der Waals surface area contributed by atoms with Crippen LogP contribution in [0.15, 0.2) is 18.3 Å². The molecule has 17 heavy (non-hydrogen) atoms. The number of hydrogen-bond acceptors (Lipinski definition) is 3. The van der Waals surface area contributed by atoms with E-state index in [1.807, 2.05) is 29.4 Å². The molecule has 1 unspecified atom stereocenters. The zero-order chi connectivity index (χ0) is 12.4. The third kappa shape index (κ3) is 2.39. The van der Waals surface area contributed by atoms with Crippen molar-refractivity contribution in [1.82, 2.24) is 19.6 Å². The summed E-state index contributed by atoms with van der Waals surface area (Å²) in [5, 5.41) is 8.57. The van der Waals surface area contributed by atoms with Gasteiger partial charge in [0, 0.05) is 31.9 Å². The molecule has 2 rings (SSSR count). The van der Waals surface area contributed by atoms with Crippen LogP contribution in [0, 0.1) is 6.92 Å². The van der Waals surface area contributed by atoms with Crippen molar-refractivity contribution < 1.29 is 0 Å². The van der Waals surface area contributed by atoms with Gasteiger partial charge < -0.3 is 5.73 Å². The summed E-state index contributed by atoms with van der Waals surface area (Å²) in [7, 11) is 1.91. The van der Waals surface area contributed by atoms with Gasteiger partial charge in [-0.05, 0) is 26.0 Å². The Bertz CT molecular complexity index is 497. The van der Waals surface area contributed by atoms with Crippen LogP contribution < -0.4 is 5.73 Å². The lowest BCUT2D eigenvalue weighted by Gasteiger charge is -2.12. The number of hydrogen-bond donors (Lipinski definition) is 1. The zero-order valence-corrected chi connectivity index (χ0v) is 10.6. The summed E-state index contributed by atoms with van der Waals surface area (Å²) in [6.45, 7) is 4.97. The third-order valence-electron chi connectivity index (χ3n) is 2.95. The van der Waals surface area contributed by atoms with Gasteiger partial charge in [0.15, 0.2) is 0 Å². The standard InChI is InChI=1S/C12H19N5/c1-4-17-10(7-9(2)15-17)8-11(13)12-5-6-14-16(12)3/h5-7,11H,4,8,13H2,1-3H3. The molecule has 5 heteroatoms. The molecular formula is C12H19N5. The summed E-state index contributed by atoms with van der Waals surface area (Å²) in [6, 6.07) is 4.02. The normalized spacial score (nSPS) is 12.9. The van der Waals surface area contributed by atoms with Crippen LogP contribution in [0.4, 0.5) is 0 Å². The van der Waals surface area contributed by atoms with Crippen LogP contribution in [-0.4, -0.2) is 19.6 Å². The first-order valence-corrected chi connectivity index (χ1v) is 5.88. The van der Waals surface area contributed by atoms with Crippen molar-refractivity contribution in [3.8, 4) is 0 Å². The quantitative estimate of drug-likeness (QED) is 0.862. The fraction of sp³-hybridized carbons (Fsp3) is 0.500. The van der Waals surface area contributed by atoms with Crippen LogP contribution in [0.1, 0.15) is 30.0 Å². The van der Waals surface area contributed by atoms with Crippen molar-refractivity contribution in [2.75, 3.05) is 0 Å². The molecule has 0 bridgehead atoms. The fourth-order valence-electron chi connectivity index (χ4n) is 2.11. The number of nitrogens with zero attached hydrogens (tertiary/aromatic N) is 4. The Morgan fingerprint density at radius 3 is 2.82 bits per heavy atom. The van der Waals surface area contributed by atoms with E-state index in [2.05, 4.69) is 23.2 Å². The first-order valence-electron chi connectivity index (χ1n) is 5.88. The molecule has 2 aromatic heterocycles. The molecule has 2 heterocycles. The fourth-order valence-corrected chi connectivity index (χ4v) is 2.11. The maximum absolute atomic E-state index is 6.20. The molecule has 0 spiro atoms. The lowest BCUT2D eigenvalue weighted by atomic mass is 10.1. The van der Waals surface area contributed by atoms with E-state index in [-0.39, 0.29) is 6.04 Å². The Balaban J connectivity index is 2.18. The molecule has 1 atom stereocenters. The predicted octanol–water partition coefficient (Wildman–Crippen LogP) is 1.19. The van der Waals surface area contributed by atoms with Crippen molar-refractivity contribution in [2.45, 2.75) is 32.9 Å². The highest BCUT2D eigenvalue weighted by molar-refractivity contribution is 5.15. The van der Waals surface area contributed by atoms with Crippen LogP contribution in [0.25, 0.3) is 0 Å². The maximum atomic E-state index is 6.20. The first kappa shape index (κ1) is 11.9. The van der Waals surface area contributed by atoms with E-state index in [0.29, 0.717) is 0 Å². The van der Waals surface area contributed by atoms with E-state index < -0.39 is 0 Å². The Morgan fingerprint density at radius 2 is 2.24 bits per heavy atom. The maximum Gasteiger partial charge on any atom is 0.0596 e. The van der Waals surface area contributed by atoms with Crippen molar-refractivity contribution in [2.24, 2.45) is 12.8 Å². The van der Waals surface area contributed by atoms with Crippen LogP contribution in [0.2, 0.25) is 0 Å². The summed E-state index contributed by atoms with van der Waals surface area (Å²) in [5.41, 5.74) is 9.47. The topological polar surface area (TPSA) is 61.7 Å². The highest BCUT2D eigenvalue weighted by atomic mass is 15.3. The minimum atomic E-state index is -0.0381. The highest BCUT2D eigenvalue weighted by Gasteiger charge is 2.13. The molecule has 0 aliphatic carbocycles. The average Bonchev–Trinajstić information content (AvgIpc) is 2.84. The molecular weight excluding hydrogens is 214 g/mol. The lowest BCUT2D eigenvalue weighted by Crippen LogP contribution is -2.19. The van der Waals surface area contributed by atoms with Gasteiger partial charge >= 0.3 is 0 Å². The molecule has 0 aromatic carbocycles. The summed E-state index contributed by atoms with van der Waals surface area (Å²) in [5.74, 6) is 0. The summed E-state index contributed by atoms with van der Waals surface area (Å²) in [4.78, 5) is 0. The summed E-state index contributed by atoms with van der Waals surface area (Å²) < 4.78 is 3.83. The predicted molar refractivity (Wildman–Crippen MR) is 66.5 cm³/mol. The molecule has 0 radical (unpaired) electrons. The van der Waals surface area contributed by atoms with Crippen LogP contribution in [0.5, 0.6) is 0 Å². The number of aromatic nitrogens is 4. The molecule has 0 saturated carbocycles. The van der Waals surface area contributed by atoms with E-state index in [9.17, 15) is 0 Å². The van der Waals surface area contributed by atoms with Gasteiger partial charge in [-0.3, -0.25) is 9.36 Å². The SMILES string of the molecule is CCn1nc(C)cc1CC(N)c1ccnn1C. The Labute approximate surface area is 101 Å². The molecule has 92 valence electrons. The second-order valence-corrected chi connectivity index (χ2v) is 4.28. The smallest absolute Gasteiger partial charge is 0.0596 e. The third-order valence-corrected chi connectivity index (χ3v) is 2.95. The monoisotopic (exact) mass is 233 g/mol. The lowest BCUT2D eigenvalue weighted by molar-refractivity contribution is 0.563. The van der Waals surface area contributed by atoms with Gasteiger partial charge in [0.2, 0.25) is 0 Å². The number of nitrogens with two attached hydrogens (primary N) is 1. The van der Waals surface area contributed by atoms with Crippen LogP contribution >= 0.6 is 0 Å². The molecule has 0 saturated heterocycles. The minimum absolute atomic E-state index is 0.0381. The molecule has 0 aliphatic rings. The second kappa shape index (κ2) is 4.71. The summed E-state index contributed by atoms with van der Waals surface area (Å²) in [6.07, 6.45) is 2.56. The van der Waals surface area contributed by atoms with Crippen molar-refractivity contribution in [3.05, 3.63) is 35.4 Å². The summed E-state index contributed by atoms with van der Waals surface area (Å²) >= 11 is 0. The molecule has 2 aromatic rings. The van der Waals surface area contributed by atoms with Crippen LogP contribution in [0.3, 0.4) is 0 Å². The van der Waals surface area contributed by atoms with E-state index in [0.717, 1.165) is 24.4 Å². The van der Waals surface area contributed by atoms with E-state index in [4.69, 9.17) is 5.73 Å².